The van der Waals surface area contributed by atoms with Crippen molar-refractivity contribution in [2.45, 2.75) is 33.6 Å². The van der Waals surface area contributed by atoms with Gasteiger partial charge in [-0.25, -0.2) is 0 Å². The topological polar surface area (TPSA) is 12.9 Å². The van der Waals surface area contributed by atoms with E-state index >= 15 is 0 Å². The number of nitrogens with zero attached hydrogens (tertiary/aromatic N) is 1. The Morgan fingerprint density at radius 1 is 1.29 bits per heavy atom. The molecule has 0 N–H and O–H groups in total. The molecule has 0 atom stereocenters. The smallest absolute Gasteiger partial charge is 0.0558 e. The van der Waals surface area contributed by atoms with Crippen LogP contribution >= 0.6 is 11.3 Å². The molecule has 74 valence electrons. The quantitative estimate of drug-likeness (QED) is 0.728. The van der Waals surface area contributed by atoms with Gasteiger partial charge in [-0.05, 0) is 42.2 Å². The lowest BCUT2D eigenvalue weighted by molar-refractivity contribution is 0.964. The first-order valence-electron chi connectivity index (χ1n) is 5.13. The molecule has 0 aliphatic rings. The first kappa shape index (κ1) is 9.66. The molecule has 0 saturated heterocycles. The zero-order valence-electron chi connectivity index (χ0n) is 8.92. The minimum absolute atomic E-state index is 1.04. The largest absolute Gasteiger partial charge is 0.256 e. The van der Waals surface area contributed by atoms with E-state index < -0.39 is 0 Å². The summed E-state index contributed by atoms with van der Waals surface area (Å²) >= 11 is 1.80. The van der Waals surface area contributed by atoms with Crippen LogP contribution in [0.25, 0.3) is 10.1 Å². The Morgan fingerprint density at radius 2 is 2.07 bits per heavy atom. The molecule has 0 bridgehead atoms. The van der Waals surface area contributed by atoms with Gasteiger partial charge in [-0.3, -0.25) is 4.98 Å². The number of fused-ring (bicyclic) bond motifs is 1. The molecule has 2 heteroatoms. The van der Waals surface area contributed by atoms with Crippen LogP contribution in [0.4, 0.5) is 0 Å². The predicted molar refractivity (Wildman–Crippen MR) is 63.1 cm³/mol. The van der Waals surface area contributed by atoms with Crippen LogP contribution in [-0.4, -0.2) is 4.98 Å². The number of thiophene rings is 1. The fourth-order valence-corrected chi connectivity index (χ4v) is 2.86. The number of aryl methyl sites for hydroxylation is 3. The number of rotatable bonds is 2. The standard InChI is InChI=1S/C12H15NS/c1-4-9-10-6-7-14-12(10)8(3)13-11(9)5-2/h6-7H,4-5H2,1-3H3. The summed E-state index contributed by atoms with van der Waals surface area (Å²) in [4.78, 5) is 4.67. The Labute approximate surface area is 88.8 Å². The van der Waals surface area contributed by atoms with Crippen molar-refractivity contribution in [1.29, 1.82) is 0 Å². The molecule has 0 spiro atoms. The summed E-state index contributed by atoms with van der Waals surface area (Å²) in [5, 5.41) is 3.58. The zero-order valence-corrected chi connectivity index (χ0v) is 9.74. The van der Waals surface area contributed by atoms with Crippen molar-refractivity contribution in [3.63, 3.8) is 0 Å². The molecule has 0 unspecified atom stereocenters. The lowest BCUT2D eigenvalue weighted by Gasteiger charge is -2.08. The van der Waals surface area contributed by atoms with E-state index in [0.717, 1.165) is 12.8 Å². The van der Waals surface area contributed by atoms with Gasteiger partial charge in [-0.2, -0.15) is 0 Å². The fraction of sp³-hybridized carbons (Fsp3) is 0.417. The highest BCUT2D eigenvalue weighted by Gasteiger charge is 2.09. The van der Waals surface area contributed by atoms with Crippen LogP contribution in [0.15, 0.2) is 11.4 Å². The Bertz CT molecular complexity index is 457. The number of pyridine rings is 1. The van der Waals surface area contributed by atoms with Crippen molar-refractivity contribution in [2.75, 3.05) is 0 Å². The third kappa shape index (κ3) is 1.34. The first-order valence-corrected chi connectivity index (χ1v) is 6.01. The molecule has 1 nitrogen and oxygen atoms in total. The van der Waals surface area contributed by atoms with Crippen molar-refractivity contribution in [3.8, 4) is 0 Å². The van der Waals surface area contributed by atoms with Crippen molar-refractivity contribution < 1.29 is 0 Å². The number of hydrogen-bond acceptors (Lipinski definition) is 2. The van der Waals surface area contributed by atoms with E-state index in [1.165, 1.54) is 27.0 Å². The van der Waals surface area contributed by atoms with Crippen LogP contribution in [0, 0.1) is 6.92 Å². The van der Waals surface area contributed by atoms with Crippen LogP contribution in [0.1, 0.15) is 30.8 Å². The third-order valence-electron chi connectivity index (χ3n) is 2.66. The molecular weight excluding hydrogens is 190 g/mol. The average molecular weight is 205 g/mol. The molecule has 0 aliphatic carbocycles. The second-order valence-corrected chi connectivity index (χ2v) is 4.41. The van der Waals surface area contributed by atoms with Crippen LogP contribution in [0.5, 0.6) is 0 Å². The molecule has 2 aromatic rings. The minimum Gasteiger partial charge on any atom is -0.256 e. The molecule has 0 aromatic carbocycles. The molecule has 2 aromatic heterocycles. The van der Waals surface area contributed by atoms with Crippen LogP contribution < -0.4 is 0 Å². The molecule has 14 heavy (non-hydrogen) atoms. The normalized spacial score (nSPS) is 11.1. The summed E-state index contributed by atoms with van der Waals surface area (Å²) in [6.07, 6.45) is 2.12. The van der Waals surface area contributed by atoms with Crippen molar-refractivity contribution in [2.24, 2.45) is 0 Å². The van der Waals surface area contributed by atoms with E-state index in [4.69, 9.17) is 0 Å². The summed E-state index contributed by atoms with van der Waals surface area (Å²) in [7, 11) is 0. The Hall–Kier alpha value is -0.890. The summed E-state index contributed by atoms with van der Waals surface area (Å²) in [6, 6.07) is 2.23. The highest BCUT2D eigenvalue weighted by Crippen LogP contribution is 2.28. The second-order valence-electron chi connectivity index (χ2n) is 3.49. The summed E-state index contributed by atoms with van der Waals surface area (Å²) in [6.45, 7) is 6.50. The van der Waals surface area contributed by atoms with Gasteiger partial charge >= 0.3 is 0 Å². The highest BCUT2D eigenvalue weighted by atomic mass is 32.1. The van der Waals surface area contributed by atoms with Gasteiger partial charge < -0.3 is 0 Å². The van der Waals surface area contributed by atoms with Gasteiger partial charge in [0.15, 0.2) is 0 Å². The van der Waals surface area contributed by atoms with Crippen LogP contribution in [-0.2, 0) is 12.8 Å². The SMILES string of the molecule is CCc1nc(C)c2sccc2c1CC. The molecule has 0 amide bonds. The Morgan fingerprint density at radius 3 is 2.71 bits per heavy atom. The van der Waals surface area contributed by atoms with Crippen LogP contribution in [0.3, 0.4) is 0 Å². The Kier molecular flexibility index (Phi) is 2.55. The second kappa shape index (κ2) is 3.70. The van der Waals surface area contributed by atoms with Crippen LogP contribution in [0.2, 0.25) is 0 Å². The van der Waals surface area contributed by atoms with Gasteiger partial charge in [0.05, 0.1) is 10.4 Å². The first-order chi connectivity index (χ1) is 6.77. The van der Waals surface area contributed by atoms with E-state index in [1.807, 2.05) is 0 Å². The van der Waals surface area contributed by atoms with E-state index in [0.29, 0.717) is 0 Å². The summed E-state index contributed by atoms with van der Waals surface area (Å²) < 4.78 is 1.36. The molecule has 2 heterocycles. The van der Waals surface area contributed by atoms with E-state index in [1.54, 1.807) is 11.3 Å². The van der Waals surface area contributed by atoms with Crippen molar-refractivity contribution >= 4 is 21.4 Å². The van der Waals surface area contributed by atoms with Gasteiger partial charge in [-0.15, -0.1) is 11.3 Å². The molecule has 0 aliphatic heterocycles. The van der Waals surface area contributed by atoms with Gasteiger partial charge in [0.25, 0.3) is 0 Å². The van der Waals surface area contributed by atoms with Crippen molar-refractivity contribution in [1.82, 2.24) is 4.98 Å². The predicted octanol–water partition coefficient (Wildman–Crippen LogP) is 3.73. The molecule has 0 radical (unpaired) electrons. The minimum atomic E-state index is 1.04. The maximum atomic E-state index is 4.67. The van der Waals surface area contributed by atoms with Crippen molar-refractivity contribution in [3.05, 3.63) is 28.4 Å². The van der Waals surface area contributed by atoms with Gasteiger partial charge in [-0.1, -0.05) is 13.8 Å². The van der Waals surface area contributed by atoms with E-state index in [-0.39, 0.29) is 0 Å². The lowest BCUT2D eigenvalue weighted by Crippen LogP contribution is -1.97. The molecular formula is C12H15NS. The maximum Gasteiger partial charge on any atom is 0.0558 e. The van der Waals surface area contributed by atoms with E-state index in [2.05, 4.69) is 37.2 Å². The monoisotopic (exact) mass is 205 g/mol. The van der Waals surface area contributed by atoms with E-state index in [9.17, 15) is 0 Å². The zero-order chi connectivity index (χ0) is 10.1. The summed E-state index contributed by atoms with van der Waals surface area (Å²) in [5.74, 6) is 0. The average Bonchev–Trinajstić information content (AvgIpc) is 2.66. The molecule has 2 rings (SSSR count). The summed E-state index contributed by atoms with van der Waals surface area (Å²) in [5.41, 5.74) is 3.90. The van der Waals surface area contributed by atoms with Gasteiger partial charge in [0, 0.05) is 5.69 Å². The molecule has 0 saturated carbocycles. The Balaban J connectivity index is 2.82. The maximum absolute atomic E-state index is 4.67. The number of hydrogen-bond donors (Lipinski definition) is 0. The lowest BCUT2D eigenvalue weighted by atomic mass is 10.0. The van der Waals surface area contributed by atoms with Gasteiger partial charge in [0.2, 0.25) is 0 Å². The molecule has 0 fully saturated rings. The fourth-order valence-electron chi connectivity index (χ4n) is 1.99. The highest BCUT2D eigenvalue weighted by molar-refractivity contribution is 7.17. The van der Waals surface area contributed by atoms with Gasteiger partial charge in [0.1, 0.15) is 0 Å². The third-order valence-corrected chi connectivity index (χ3v) is 3.68. The number of aromatic nitrogens is 1.